The van der Waals surface area contributed by atoms with Crippen molar-refractivity contribution < 1.29 is 21.1 Å². The molecule has 14 heavy (non-hydrogen) atoms. The normalized spacial score (nSPS) is 41.1. The minimum absolute atomic E-state index is 0.213. The van der Waals surface area contributed by atoms with Crippen molar-refractivity contribution in [3.8, 4) is 0 Å². The van der Waals surface area contributed by atoms with E-state index >= 15 is 0 Å². The third-order valence-electron chi connectivity index (χ3n) is 1.53. The molecule has 0 bridgehead atoms. The summed E-state index contributed by atoms with van der Waals surface area (Å²) in [5.41, 5.74) is 0. The monoisotopic (exact) mass is 318 g/mol. The third-order valence-corrected chi connectivity index (χ3v) is 19.3. The Kier molecular flexibility index (Phi) is 2.32. The van der Waals surface area contributed by atoms with Crippen LogP contribution in [0.15, 0.2) is 0 Å². The maximum absolute atomic E-state index is 13.0. The second-order valence-electron chi connectivity index (χ2n) is 4.60. The summed E-state index contributed by atoms with van der Waals surface area (Å²) in [5.74, 6) is 0.213. The van der Waals surface area contributed by atoms with Gasteiger partial charge in [-0.3, -0.25) is 0 Å². The van der Waals surface area contributed by atoms with E-state index in [0.717, 1.165) is 0 Å². The average Bonchev–Trinajstić information content (AvgIpc) is 1.37. The predicted octanol–water partition coefficient (Wildman–Crippen LogP) is 3.59. The second kappa shape index (κ2) is 2.48. The molecular formula is C5H14F4GeO2P2. The van der Waals surface area contributed by atoms with Gasteiger partial charge >= 0.3 is 82.3 Å². The average molecular weight is 317 g/mol. The number of rotatable bonds is 0. The third kappa shape index (κ3) is 3.56. The summed E-state index contributed by atoms with van der Waals surface area (Å²) >= 11 is -9.51. The van der Waals surface area contributed by atoms with Crippen molar-refractivity contribution in [1.29, 1.82) is 0 Å². The molecule has 0 aromatic carbocycles. The van der Waals surface area contributed by atoms with Crippen LogP contribution in [0.3, 0.4) is 0 Å². The van der Waals surface area contributed by atoms with Gasteiger partial charge in [-0.25, -0.2) is 0 Å². The van der Waals surface area contributed by atoms with E-state index in [0.29, 0.717) is 0 Å². The first kappa shape index (κ1) is 13.1. The van der Waals surface area contributed by atoms with Gasteiger partial charge in [-0.1, -0.05) is 0 Å². The maximum atomic E-state index is 13.0. The summed E-state index contributed by atoms with van der Waals surface area (Å²) < 4.78 is 59.8. The molecule has 1 saturated heterocycles. The molecule has 0 unspecified atom stereocenters. The Labute approximate surface area is 82.7 Å². The van der Waals surface area contributed by atoms with Crippen molar-refractivity contribution in [3.05, 3.63) is 0 Å². The molecule has 9 heteroatoms. The van der Waals surface area contributed by atoms with Gasteiger partial charge in [-0.15, -0.1) is 0 Å². The summed E-state index contributed by atoms with van der Waals surface area (Å²) in [6.07, 6.45) is 0. The quantitative estimate of drug-likeness (QED) is 0.386. The molecule has 88 valence electrons. The summed E-state index contributed by atoms with van der Waals surface area (Å²) in [6.45, 7) is 5.39. The molecule has 1 aliphatic heterocycles. The van der Waals surface area contributed by atoms with E-state index in [-0.39, 0.29) is 5.90 Å². The zero-order chi connectivity index (χ0) is 11.5. The molecule has 0 saturated carbocycles. The Bertz CT molecular complexity index is 263. The van der Waals surface area contributed by atoms with Crippen LogP contribution in [-0.4, -0.2) is 46.2 Å². The van der Waals surface area contributed by atoms with Crippen molar-refractivity contribution in [2.75, 3.05) is 32.6 Å². The molecule has 0 N–H and O–H groups in total. The van der Waals surface area contributed by atoms with Gasteiger partial charge in [0.05, 0.1) is 0 Å². The molecule has 1 fully saturated rings. The molecule has 0 aromatic heterocycles. The topological polar surface area (TPSA) is 18.5 Å². The second-order valence-corrected chi connectivity index (χ2v) is 19.4. The fraction of sp³-hybridized carbons (Fsp3) is 1.00. The molecule has 0 atom stereocenters. The molecule has 2 nitrogen and oxygen atoms in total. The van der Waals surface area contributed by atoms with E-state index in [1.165, 1.54) is 26.7 Å². The Morgan fingerprint density at radius 2 is 1.14 bits per heavy atom. The van der Waals surface area contributed by atoms with Crippen LogP contribution < -0.4 is 0 Å². The zero-order valence-electron chi connectivity index (χ0n) is 8.43. The molecule has 0 aromatic rings. The molecule has 0 spiro atoms. The van der Waals surface area contributed by atoms with Crippen molar-refractivity contribution in [1.82, 2.24) is 0 Å². The number of halogens is 4. The van der Waals surface area contributed by atoms with Crippen molar-refractivity contribution in [3.63, 3.8) is 0 Å². The van der Waals surface area contributed by atoms with Gasteiger partial charge in [-0.2, -0.15) is 0 Å². The molecular weight excluding hydrogens is 303 g/mol. The standard InChI is InChI=1S/C5H14F4GeO2P2/c1-13(2)5-14(3,4)12-10(6,7,8,9)11-13/h5H2,1-4H3. The first-order valence-corrected chi connectivity index (χ1v) is 14.4. The van der Waals surface area contributed by atoms with E-state index in [1.807, 2.05) is 0 Å². The van der Waals surface area contributed by atoms with Crippen LogP contribution >= 0.6 is 15.0 Å². The van der Waals surface area contributed by atoms with Crippen LogP contribution in [0.1, 0.15) is 0 Å². The summed E-state index contributed by atoms with van der Waals surface area (Å²) in [6, 6.07) is 0. The molecule has 1 heterocycles. The SMILES string of the molecule is C[P+]1(C)C[P+](C)(C)[O][Ge-2]([F])([F])([F])([F])[O]1. The first-order valence-electron chi connectivity index (χ1n) is 3.95. The Balaban J connectivity index is 3.19. The van der Waals surface area contributed by atoms with Crippen LogP contribution in [0.4, 0.5) is 14.0 Å². The minimum atomic E-state index is -9.51. The van der Waals surface area contributed by atoms with E-state index in [4.69, 9.17) is 0 Å². The predicted molar refractivity (Wildman–Crippen MR) is 54.8 cm³/mol. The van der Waals surface area contributed by atoms with Crippen molar-refractivity contribution >= 4 is 28.6 Å². The van der Waals surface area contributed by atoms with Gasteiger partial charge < -0.3 is 0 Å². The van der Waals surface area contributed by atoms with Gasteiger partial charge in [0.15, 0.2) is 0 Å². The van der Waals surface area contributed by atoms with Gasteiger partial charge in [0.25, 0.3) is 0 Å². The van der Waals surface area contributed by atoms with Crippen LogP contribution in [-0.2, 0) is 7.10 Å². The Hall–Kier alpha value is 1.04. The van der Waals surface area contributed by atoms with Gasteiger partial charge in [0.1, 0.15) is 0 Å². The number of hydrogen-bond donors (Lipinski definition) is 0. The van der Waals surface area contributed by atoms with E-state index < -0.39 is 28.6 Å². The summed E-state index contributed by atoms with van der Waals surface area (Å²) in [7, 11) is -5.41. The van der Waals surface area contributed by atoms with E-state index in [9.17, 15) is 14.0 Å². The zero-order valence-corrected chi connectivity index (χ0v) is 12.3. The van der Waals surface area contributed by atoms with Crippen LogP contribution in [0.2, 0.25) is 0 Å². The van der Waals surface area contributed by atoms with Gasteiger partial charge in [0, 0.05) is 0 Å². The van der Waals surface area contributed by atoms with E-state index in [1.54, 1.807) is 0 Å². The van der Waals surface area contributed by atoms with Crippen LogP contribution in [0, 0.1) is 0 Å². The molecule has 1 aliphatic rings. The molecule has 0 amide bonds. The van der Waals surface area contributed by atoms with Crippen molar-refractivity contribution in [2.45, 2.75) is 0 Å². The Morgan fingerprint density at radius 1 is 0.857 bits per heavy atom. The summed E-state index contributed by atoms with van der Waals surface area (Å²) in [4.78, 5) is 0. The fourth-order valence-corrected chi connectivity index (χ4v) is 25.7. The van der Waals surface area contributed by atoms with Crippen LogP contribution in [0.5, 0.6) is 0 Å². The van der Waals surface area contributed by atoms with Crippen LogP contribution in [0.25, 0.3) is 0 Å². The van der Waals surface area contributed by atoms with E-state index in [2.05, 4.69) is 7.10 Å². The fourth-order valence-electron chi connectivity index (χ4n) is 1.84. The molecule has 0 radical (unpaired) electrons. The molecule has 1 rings (SSSR count). The van der Waals surface area contributed by atoms with Crippen molar-refractivity contribution in [2.24, 2.45) is 0 Å². The number of hydrogen-bond acceptors (Lipinski definition) is 2. The first-order chi connectivity index (χ1) is 5.62. The molecule has 0 aliphatic carbocycles. The summed E-state index contributed by atoms with van der Waals surface area (Å²) in [5, 5.41) is 0. The van der Waals surface area contributed by atoms with Gasteiger partial charge in [-0.05, 0) is 0 Å². The van der Waals surface area contributed by atoms with Gasteiger partial charge in [0.2, 0.25) is 0 Å². The Morgan fingerprint density at radius 3 is 1.36 bits per heavy atom.